The van der Waals surface area contributed by atoms with Crippen LogP contribution in [0.1, 0.15) is 13.3 Å². The van der Waals surface area contributed by atoms with Gasteiger partial charge in [-0.3, -0.25) is 0 Å². The van der Waals surface area contributed by atoms with E-state index in [4.69, 9.17) is 0 Å². The van der Waals surface area contributed by atoms with Crippen molar-refractivity contribution < 1.29 is 35.1 Å². The smallest absolute Gasteiger partial charge is 0.196 e. The summed E-state index contributed by atoms with van der Waals surface area (Å²) >= 11 is 2.18. The second-order valence-corrected chi connectivity index (χ2v) is 3.42. The van der Waals surface area contributed by atoms with Crippen molar-refractivity contribution in [2.75, 3.05) is 0 Å². The highest BCUT2D eigenvalue weighted by molar-refractivity contribution is 9.11. The van der Waals surface area contributed by atoms with Crippen molar-refractivity contribution in [3.05, 3.63) is 11.1 Å². The van der Waals surface area contributed by atoms with E-state index in [2.05, 4.69) is 22.5 Å². The summed E-state index contributed by atoms with van der Waals surface area (Å²) in [6, 6.07) is 0. The molecule has 0 aliphatic rings. The lowest BCUT2D eigenvalue weighted by molar-refractivity contribution is -0.282. The third-order valence-electron chi connectivity index (χ3n) is 1.17. The molecule has 0 amide bonds. The fourth-order valence-electron chi connectivity index (χ4n) is 0.200. The van der Waals surface area contributed by atoms with Crippen LogP contribution in [0, 0.1) is 0 Å². The minimum Gasteiger partial charge on any atom is -0.196 e. The first kappa shape index (κ1) is 18.0. The molecule has 0 heterocycles. The molecule has 0 aromatic carbocycles. The maximum absolute atomic E-state index is 11.5. The average molecular weight is 323 g/mol. The monoisotopic (exact) mass is 322 g/mol. The van der Waals surface area contributed by atoms with Crippen molar-refractivity contribution in [1.29, 1.82) is 0 Å². The Bertz CT molecular complexity index is 226. The Labute approximate surface area is 94.4 Å². The summed E-state index contributed by atoms with van der Waals surface area (Å²) < 4.78 is 88.5. The van der Waals surface area contributed by atoms with Gasteiger partial charge in [-0.2, -0.15) is 35.1 Å². The molecule has 0 radical (unpaired) electrons. The van der Waals surface area contributed by atoms with Gasteiger partial charge in [-0.15, -0.1) is 0 Å². The highest BCUT2D eigenvalue weighted by atomic mass is 79.9. The first-order valence-electron chi connectivity index (χ1n) is 3.62. The fraction of sp³-hybridized carbons (Fsp3) is 0.714. The van der Waals surface area contributed by atoms with Crippen LogP contribution in [0.15, 0.2) is 11.1 Å². The predicted molar refractivity (Wildman–Crippen MR) is 45.4 cm³/mol. The van der Waals surface area contributed by atoms with Crippen molar-refractivity contribution >= 4 is 15.9 Å². The summed E-state index contributed by atoms with van der Waals surface area (Å²) in [6.07, 6.45) is -10.9. The molecule has 0 aliphatic carbocycles. The molecule has 0 unspecified atom stereocenters. The van der Waals surface area contributed by atoms with E-state index >= 15 is 0 Å². The SMILES string of the molecule is C=C(Br)C(F)(F)F.CCC(F)(F)C(F)(F)F. The molecule has 0 aromatic rings. The lowest BCUT2D eigenvalue weighted by atomic mass is 10.2. The van der Waals surface area contributed by atoms with Gasteiger partial charge < -0.3 is 0 Å². The zero-order valence-corrected chi connectivity index (χ0v) is 9.40. The van der Waals surface area contributed by atoms with Crippen LogP contribution in [0.5, 0.6) is 0 Å². The summed E-state index contributed by atoms with van der Waals surface area (Å²) in [4.78, 5) is 0. The van der Waals surface area contributed by atoms with Crippen LogP contribution < -0.4 is 0 Å². The molecule has 0 aliphatic heterocycles. The highest BCUT2D eigenvalue weighted by Gasteiger charge is 2.55. The zero-order valence-electron chi connectivity index (χ0n) is 7.82. The van der Waals surface area contributed by atoms with Gasteiger partial charge in [0.25, 0.3) is 0 Å². The Hall–Kier alpha value is -0.340. The molecule has 16 heavy (non-hydrogen) atoms. The molecule has 9 heteroatoms. The van der Waals surface area contributed by atoms with E-state index in [1.807, 2.05) is 0 Å². The molecule has 0 spiro atoms. The number of halogens is 9. The van der Waals surface area contributed by atoms with E-state index in [0.29, 0.717) is 0 Å². The van der Waals surface area contributed by atoms with Gasteiger partial charge in [0.05, 0.1) is 4.48 Å². The second kappa shape index (κ2) is 5.83. The van der Waals surface area contributed by atoms with Gasteiger partial charge in [-0.1, -0.05) is 13.5 Å². The quantitative estimate of drug-likeness (QED) is 0.592. The van der Waals surface area contributed by atoms with Crippen molar-refractivity contribution in [3.63, 3.8) is 0 Å². The van der Waals surface area contributed by atoms with Crippen LogP contribution in [0.3, 0.4) is 0 Å². The van der Waals surface area contributed by atoms with E-state index in [9.17, 15) is 35.1 Å². The number of hydrogen-bond donors (Lipinski definition) is 0. The lowest BCUT2D eigenvalue weighted by Crippen LogP contribution is -2.35. The van der Waals surface area contributed by atoms with Gasteiger partial charge in [0, 0.05) is 6.42 Å². The molecule has 0 saturated heterocycles. The summed E-state index contributed by atoms with van der Waals surface area (Å²) in [6.45, 7) is 3.40. The van der Waals surface area contributed by atoms with Crippen molar-refractivity contribution in [2.45, 2.75) is 31.6 Å². The minimum absolute atomic E-state index is 0.785. The molecular formula is C7H7BrF8. The van der Waals surface area contributed by atoms with Gasteiger partial charge in [0.1, 0.15) is 0 Å². The van der Waals surface area contributed by atoms with Gasteiger partial charge in [-0.25, -0.2) is 0 Å². The summed E-state index contributed by atoms with van der Waals surface area (Å²) in [5, 5.41) is 0. The Morgan fingerprint density at radius 1 is 1.00 bits per heavy atom. The van der Waals surface area contributed by atoms with Crippen LogP contribution in [0.2, 0.25) is 0 Å². The molecule has 0 nitrogen and oxygen atoms in total. The summed E-state index contributed by atoms with van der Waals surface area (Å²) in [5.74, 6) is -4.52. The molecule has 98 valence electrons. The Balaban J connectivity index is 0. The van der Waals surface area contributed by atoms with Crippen molar-refractivity contribution in [2.24, 2.45) is 0 Å². The topological polar surface area (TPSA) is 0 Å². The van der Waals surface area contributed by atoms with Crippen LogP contribution in [0.25, 0.3) is 0 Å². The lowest BCUT2D eigenvalue weighted by Gasteiger charge is -2.16. The third-order valence-corrected chi connectivity index (χ3v) is 1.62. The van der Waals surface area contributed by atoms with Crippen molar-refractivity contribution in [3.8, 4) is 0 Å². The number of rotatable bonds is 1. The van der Waals surface area contributed by atoms with Gasteiger partial charge in [-0.05, 0) is 15.9 Å². The molecule has 0 saturated carbocycles. The predicted octanol–water partition coefficient (Wildman–Crippen LogP) is 5.05. The van der Waals surface area contributed by atoms with Gasteiger partial charge in [0.15, 0.2) is 0 Å². The maximum atomic E-state index is 11.5. The molecule has 0 fully saturated rings. The fourth-order valence-corrected chi connectivity index (χ4v) is 0.200. The number of hydrogen-bond acceptors (Lipinski definition) is 0. The molecule has 0 N–H and O–H groups in total. The summed E-state index contributed by atoms with van der Waals surface area (Å²) in [7, 11) is 0. The Morgan fingerprint density at radius 3 is 1.25 bits per heavy atom. The zero-order chi connectivity index (χ0) is 13.8. The van der Waals surface area contributed by atoms with E-state index in [1.165, 1.54) is 0 Å². The standard InChI is InChI=1S/C4H5F5.C3H2BrF3/c1-2-3(5,6)4(7,8)9;1-2(4)3(5,6)7/h2H2,1H3;1H2. The van der Waals surface area contributed by atoms with E-state index < -0.39 is 29.2 Å². The molecule has 0 atom stereocenters. The van der Waals surface area contributed by atoms with Gasteiger partial charge >= 0.3 is 18.3 Å². The van der Waals surface area contributed by atoms with Crippen LogP contribution in [-0.2, 0) is 0 Å². The van der Waals surface area contributed by atoms with Gasteiger partial charge in [0.2, 0.25) is 0 Å². The van der Waals surface area contributed by atoms with E-state index in [-0.39, 0.29) is 0 Å². The first-order chi connectivity index (χ1) is 6.75. The number of allylic oxidation sites excluding steroid dienone is 1. The normalized spacial score (nSPS) is 12.9. The van der Waals surface area contributed by atoms with Crippen molar-refractivity contribution in [1.82, 2.24) is 0 Å². The minimum atomic E-state index is -5.39. The maximum Gasteiger partial charge on any atom is 0.453 e. The summed E-state index contributed by atoms with van der Waals surface area (Å²) in [5.41, 5.74) is 0. The van der Waals surface area contributed by atoms with E-state index in [0.717, 1.165) is 6.92 Å². The number of alkyl halides is 8. The molecule has 0 aromatic heterocycles. The second-order valence-electron chi connectivity index (χ2n) is 2.46. The third kappa shape index (κ3) is 7.02. The molecule has 0 bridgehead atoms. The first-order valence-corrected chi connectivity index (χ1v) is 4.41. The van der Waals surface area contributed by atoms with Crippen LogP contribution in [0.4, 0.5) is 35.1 Å². The largest absolute Gasteiger partial charge is 0.453 e. The molecular weight excluding hydrogens is 316 g/mol. The van der Waals surface area contributed by atoms with Crippen LogP contribution >= 0.6 is 15.9 Å². The van der Waals surface area contributed by atoms with Crippen LogP contribution in [-0.4, -0.2) is 18.3 Å². The Kier molecular flexibility index (Phi) is 6.57. The highest BCUT2D eigenvalue weighted by Crippen LogP contribution is 2.37. The Morgan fingerprint density at radius 2 is 1.25 bits per heavy atom. The van der Waals surface area contributed by atoms with E-state index in [1.54, 1.807) is 0 Å². The average Bonchev–Trinajstić information content (AvgIpc) is 2.01. The molecule has 0 rings (SSSR count).